The van der Waals surface area contributed by atoms with E-state index < -0.39 is 0 Å². The van der Waals surface area contributed by atoms with Gasteiger partial charge in [-0.05, 0) is 49.4 Å². The molecule has 4 heteroatoms. The first-order valence-corrected chi connectivity index (χ1v) is 6.71. The number of hydrogen-bond donors (Lipinski definition) is 1. The minimum atomic E-state index is 0.524. The van der Waals surface area contributed by atoms with Gasteiger partial charge in [0.15, 0.2) is 0 Å². The van der Waals surface area contributed by atoms with E-state index >= 15 is 0 Å². The maximum atomic E-state index is 5.78. The van der Waals surface area contributed by atoms with Crippen molar-refractivity contribution in [3.05, 3.63) is 41.7 Å². The van der Waals surface area contributed by atoms with Gasteiger partial charge in [-0.2, -0.15) is 4.98 Å². The minimum absolute atomic E-state index is 0.524. The number of nitrogens with zero attached hydrogens (tertiary/aromatic N) is 2. The summed E-state index contributed by atoms with van der Waals surface area (Å²) < 4.78 is 5.78. The van der Waals surface area contributed by atoms with Crippen molar-refractivity contribution < 1.29 is 4.74 Å². The number of fused-ring (bicyclic) bond motifs is 1. The van der Waals surface area contributed by atoms with E-state index in [1.54, 1.807) is 12.4 Å². The van der Waals surface area contributed by atoms with Gasteiger partial charge in [-0.25, -0.2) is 0 Å². The molecule has 0 radical (unpaired) electrons. The van der Waals surface area contributed by atoms with Crippen molar-refractivity contribution >= 4 is 5.82 Å². The molecule has 0 aliphatic heterocycles. The SMILES string of the molecule is CCNc1cncc(Oc2ccc3c(c2)CCC3)n1. The molecule has 0 saturated carbocycles. The van der Waals surface area contributed by atoms with Gasteiger partial charge < -0.3 is 10.1 Å². The summed E-state index contributed by atoms with van der Waals surface area (Å²) in [6, 6.07) is 6.27. The molecule has 1 aliphatic carbocycles. The lowest BCUT2D eigenvalue weighted by molar-refractivity contribution is 0.460. The number of rotatable bonds is 4. The summed E-state index contributed by atoms with van der Waals surface area (Å²) in [6.45, 7) is 2.84. The first-order valence-electron chi connectivity index (χ1n) is 6.71. The van der Waals surface area contributed by atoms with Crippen molar-refractivity contribution in [2.24, 2.45) is 0 Å². The highest BCUT2D eigenvalue weighted by Crippen LogP contribution is 2.28. The zero-order chi connectivity index (χ0) is 13.1. The fourth-order valence-corrected chi connectivity index (χ4v) is 2.40. The van der Waals surface area contributed by atoms with Crippen LogP contribution in [0.1, 0.15) is 24.5 Å². The largest absolute Gasteiger partial charge is 0.437 e. The Balaban J connectivity index is 1.79. The van der Waals surface area contributed by atoms with Crippen LogP contribution in [-0.4, -0.2) is 16.5 Å². The van der Waals surface area contributed by atoms with Crippen molar-refractivity contribution in [3.63, 3.8) is 0 Å². The molecule has 0 fully saturated rings. The van der Waals surface area contributed by atoms with Crippen molar-refractivity contribution in [1.29, 1.82) is 0 Å². The number of anilines is 1. The average molecular weight is 255 g/mol. The second kappa shape index (κ2) is 5.26. The molecule has 3 rings (SSSR count). The summed E-state index contributed by atoms with van der Waals surface area (Å²) in [5, 5.41) is 3.12. The zero-order valence-corrected chi connectivity index (χ0v) is 11.0. The Morgan fingerprint density at radius 3 is 3.00 bits per heavy atom. The maximum absolute atomic E-state index is 5.78. The lowest BCUT2D eigenvalue weighted by atomic mass is 10.1. The van der Waals surface area contributed by atoms with Crippen LogP contribution in [0, 0.1) is 0 Å². The third-order valence-electron chi connectivity index (χ3n) is 3.26. The Morgan fingerprint density at radius 2 is 2.11 bits per heavy atom. The predicted molar refractivity (Wildman–Crippen MR) is 74.7 cm³/mol. The summed E-state index contributed by atoms with van der Waals surface area (Å²) in [6.07, 6.45) is 6.91. The number of hydrogen-bond acceptors (Lipinski definition) is 4. The van der Waals surface area contributed by atoms with E-state index in [2.05, 4.69) is 27.4 Å². The van der Waals surface area contributed by atoms with Crippen LogP contribution >= 0.6 is 0 Å². The number of benzene rings is 1. The molecule has 0 amide bonds. The van der Waals surface area contributed by atoms with E-state index in [-0.39, 0.29) is 0 Å². The molecule has 0 unspecified atom stereocenters. The van der Waals surface area contributed by atoms with Gasteiger partial charge in [0.1, 0.15) is 11.6 Å². The monoisotopic (exact) mass is 255 g/mol. The number of aromatic nitrogens is 2. The normalized spacial score (nSPS) is 13.1. The van der Waals surface area contributed by atoms with Gasteiger partial charge in [0.2, 0.25) is 5.88 Å². The van der Waals surface area contributed by atoms with Gasteiger partial charge in [0.05, 0.1) is 12.4 Å². The van der Waals surface area contributed by atoms with E-state index in [1.807, 2.05) is 13.0 Å². The standard InChI is InChI=1S/C15H17N3O/c1-2-17-14-9-16-10-15(18-14)19-13-7-6-11-4-3-5-12(11)8-13/h6-10H,2-5H2,1H3,(H,17,18). The van der Waals surface area contributed by atoms with Gasteiger partial charge >= 0.3 is 0 Å². The molecule has 1 aromatic heterocycles. The third kappa shape index (κ3) is 2.67. The van der Waals surface area contributed by atoms with Crippen molar-refractivity contribution in [1.82, 2.24) is 9.97 Å². The molecule has 0 saturated heterocycles. The minimum Gasteiger partial charge on any atom is -0.437 e. The molecule has 2 aromatic rings. The fraction of sp³-hybridized carbons (Fsp3) is 0.333. The molecule has 4 nitrogen and oxygen atoms in total. The van der Waals surface area contributed by atoms with Crippen LogP contribution in [0.2, 0.25) is 0 Å². The average Bonchev–Trinajstić information content (AvgIpc) is 2.87. The van der Waals surface area contributed by atoms with Crippen LogP contribution in [0.4, 0.5) is 5.82 Å². The quantitative estimate of drug-likeness (QED) is 0.911. The van der Waals surface area contributed by atoms with Gasteiger partial charge in [-0.15, -0.1) is 0 Å². The summed E-state index contributed by atoms with van der Waals surface area (Å²) in [5.41, 5.74) is 2.84. The van der Waals surface area contributed by atoms with Gasteiger partial charge in [-0.3, -0.25) is 4.98 Å². The molecule has 0 bridgehead atoms. The van der Waals surface area contributed by atoms with E-state index in [4.69, 9.17) is 4.74 Å². The maximum Gasteiger partial charge on any atom is 0.239 e. The highest BCUT2D eigenvalue weighted by atomic mass is 16.5. The topological polar surface area (TPSA) is 47.0 Å². The number of nitrogens with one attached hydrogen (secondary N) is 1. The van der Waals surface area contributed by atoms with Crippen LogP contribution in [0.3, 0.4) is 0 Å². The first kappa shape index (κ1) is 12.0. The summed E-state index contributed by atoms with van der Waals surface area (Å²) in [7, 11) is 0. The molecule has 1 N–H and O–H groups in total. The van der Waals surface area contributed by atoms with Crippen LogP contribution in [-0.2, 0) is 12.8 Å². The highest BCUT2D eigenvalue weighted by molar-refractivity contribution is 5.40. The predicted octanol–water partition coefficient (Wildman–Crippen LogP) is 3.19. The van der Waals surface area contributed by atoms with Crippen LogP contribution in [0.5, 0.6) is 11.6 Å². The van der Waals surface area contributed by atoms with E-state index in [0.29, 0.717) is 5.88 Å². The van der Waals surface area contributed by atoms with Gasteiger partial charge in [0.25, 0.3) is 0 Å². The second-order valence-electron chi connectivity index (χ2n) is 4.66. The Bertz CT molecular complexity index is 583. The Morgan fingerprint density at radius 1 is 1.21 bits per heavy atom. The summed E-state index contributed by atoms with van der Waals surface area (Å²) >= 11 is 0. The Labute approximate surface area is 112 Å². The second-order valence-corrected chi connectivity index (χ2v) is 4.66. The van der Waals surface area contributed by atoms with E-state index in [9.17, 15) is 0 Å². The van der Waals surface area contributed by atoms with Crippen LogP contribution in [0.15, 0.2) is 30.6 Å². The molecule has 98 valence electrons. The summed E-state index contributed by atoms with van der Waals surface area (Å²) in [5.74, 6) is 2.10. The lowest BCUT2D eigenvalue weighted by Gasteiger charge is -2.08. The molecule has 19 heavy (non-hydrogen) atoms. The molecule has 0 atom stereocenters. The molecule has 1 aliphatic rings. The molecule has 1 aromatic carbocycles. The Kier molecular flexibility index (Phi) is 3.31. The first-order chi connectivity index (χ1) is 9.35. The van der Waals surface area contributed by atoms with Crippen LogP contribution < -0.4 is 10.1 Å². The Hall–Kier alpha value is -2.10. The number of aryl methyl sites for hydroxylation is 2. The lowest BCUT2D eigenvalue weighted by Crippen LogP contribution is -2.00. The highest BCUT2D eigenvalue weighted by Gasteiger charge is 2.11. The zero-order valence-electron chi connectivity index (χ0n) is 11.0. The molecular weight excluding hydrogens is 238 g/mol. The van der Waals surface area contributed by atoms with Crippen LogP contribution in [0.25, 0.3) is 0 Å². The molecule has 1 heterocycles. The van der Waals surface area contributed by atoms with Gasteiger partial charge in [-0.1, -0.05) is 6.07 Å². The fourth-order valence-electron chi connectivity index (χ4n) is 2.40. The van der Waals surface area contributed by atoms with Gasteiger partial charge in [0, 0.05) is 6.54 Å². The van der Waals surface area contributed by atoms with Crippen molar-refractivity contribution in [2.45, 2.75) is 26.2 Å². The smallest absolute Gasteiger partial charge is 0.239 e. The number of ether oxygens (including phenoxy) is 1. The molecule has 0 spiro atoms. The van der Waals surface area contributed by atoms with E-state index in [1.165, 1.54) is 24.0 Å². The van der Waals surface area contributed by atoms with Crippen molar-refractivity contribution in [3.8, 4) is 11.6 Å². The molecular formula is C15H17N3O. The van der Waals surface area contributed by atoms with E-state index in [0.717, 1.165) is 24.5 Å². The van der Waals surface area contributed by atoms with Crippen molar-refractivity contribution in [2.75, 3.05) is 11.9 Å². The third-order valence-corrected chi connectivity index (χ3v) is 3.26. The summed E-state index contributed by atoms with van der Waals surface area (Å²) in [4.78, 5) is 8.48.